The van der Waals surface area contributed by atoms with Gasteiger partial charge in [-0.2, -0.15) is 4.98 Å². The van der Waals surface area contributed by atoms with Gasteiger partial charge < -0.3 is 9.63 Å². The van der Waals surface area contributed by atoms with E-state index in [2.05, 4.69) is 15.1 Å². The second-order valence-corrected chi connectivity index (χ2v) is 4.80. The lowest BCUT2D eigenvalue weighted by Crippen LogP contribution is -2.11. The molecule has 0 aliphatic heterocycles. The predicted molar refractivity (Wildman–Crippen MR) is 65.1 cm³/mol. The van der Waals surface area contributed by atoms with Gasteiger partial charge in [0.25, 0.3) is 0 Å². The molecule has 0 radical (unpaired) electrons. The summed E-state index contributed by atoms with van der Waals surface area (Å²) < 4.78 is 5.21. The summed E-state index contributed by atoms with van der Waals surface area (Å²) >= 11 is 6.02. The molecule has 18 heavy (non-hydrogen) atoms. The molecule has 5 nitrogen and oxygen atoms in total. The van der Waals surface area contributed by atoms with Gasteiger partial charge in [-0.05, 0) is 31.4 Å². The lowest BCUT2D eigenvalue weighted by Gasteiger charge is -2.07. The van der Waals surface area contributed by atoms with Crippen molar-refractivity contribution in [2.45, 2.75) is 31.3 Å². The van der Waals surface area contributed by atoms with E-state index in [1.807, 2.05) is 0 Å². The number of nitrogens with zero attached hydrogens (tertiary/aromatic N) is 3. The fraction of sp³-hybridized carbons (Fsp3) is 0.417. The molecule has 1 saturated carbocycles. The molecule has 2 atom stereocenters. The zero-order chi connectivity index (χ0) is 12.5. The van der Waals surface area contributed by atoms with Crippen molar-refractivity contribution < 1.29 is 9.63 Å². The molecule has 2 aromatic rings. The van der Waals surface area contributed by atoms with E-state index in [-0.39, 0.29) is 5.92 Å². The normalized spacial score (nSPS) is 23.4. The molecule has 2 aromatic heterocycles. The Morgan fingerprint density at radius 1 is 1.39 bits per heavy atom. The summed E-state index contributed by atoms with van der Waals surface area (Å²) in [5.74, 6) is 0.778. The van der Waals surface area contributed by atoms with Gasteiger partial charge in [0.05, 0.1) is 17.0 Å². The van der Waals surface area contributed by atoms with E-state index in [0.29, 0.717) is 22.4 Å². The third-order valence-electron chi connectivity index (χ3n) is 3.21. The fourth-order valence-electron chi connectivity index (χ4n) is 2.26. The van der Waals surface area contributed by atoms with Gasteiger partial charge in [0.2, 0.25) is 11.7 Å². The van der Waals surface area contributed by atoms with Crippen LogP contribution < -0.4 is 0 Å². The maximum absolute atomic E-state index is 9.81. The SMILES string of the molecule is OC1CCCC1c1nc(-c2ncccc2Cl)no1. The van der Waals surface area contributed by atoms with Crippen LogP contribution >= 0.6 is 11.6 Å². The molecule has 0 bridgehead atoms. The highest BCUT2D eigenvalue weighted by Gasteiger charge is 2.31. The van der Waals surface area contributed by atoms with Crippen molar-refractivity contribution in [2.24, 2.45) is 0 Å². The average Bonchev–Trinajstić information content (AvgIpc) is 2.98. The summed E-state index contributed by atoms with van der Waals surface area (Å²) in [7, 11) is 0. The van der Waals surface area contributed by atoms with Crippen molar-refractivity contribution in [3.63, 3.8) is 0 Å². The topological polar surface area (TPSA) is 72.0 Å². The zero-order valence-electron chi connectivity index (χ0n) is 9.58. The Kier molecular flexibility index (Phi) is 3.01. The number of rotatable bonds is 2. The summed E-state index contributed by atoms with van der Waals surface area (Å²) in [6.07, 6.45) is 3.87. The largest absolute Gasteiger partial charge is 0.392 e. The quantitative estimate of drug-likeness (QED) is 0.903. The minimum Gasteiger partial charge on any atom is -0.392 e. The second kappa shape index (κ2) is 4.66. The molecule has 0 spiro atoms. The van der Waals surface area contributed by atoms with Gasteiger partial charge in [-0.3, -0.25) is 4.98 Å². The van der Waals surface area contributed by atoms with E-state index in [4.69, 9.17) is 16.1 Å². The Bertz CT molecular complexity index is 558. The van der Waals surface area contributed by atoms with E-state index in [1.165, 1.54) is 0 Å². The number of pyridine rings is 1. The lowest BCUT2D eigenvalue weighted by molar-refractivity contribution is 0.148. The van der Waals surface area contributed by atoms with Crippen LogP contribution in [-0.2, 0) is 0 Å². The monoisotopic (exact) mass is 265 g/mol. The molecule has 1 aliphatic rings. The minimum atomic E-state index is -0.391. The van der Waals surface area contributed by atoms with Crippen LogP contribution in [0.3, 0.4) is 0 Å². The van der Waals surface area contributed by atoms with Gasteiger partial charge >= 0.3 is 0 Å². The molecular formula is C12H12ClN3O2. The van der Waals surface area contributed by atoms with Crippen molar-refractivity contribution in [1.29, 1.82) is 0 Å². The van der Waals surface area contributed by atoms with Crippen LogP contribution in [0.15, 0.2) is 22.9 Å². The van der Waals surface area contributed by atoms with E-state index >= 15 is 0 Å². The van der Waals surface area contributed by atoms with Gasteiger partial charge in [-0.25, -0.2) is 0 Å². The molecule has 0 amide bonds. The first-order valence-corrected chi connectivity index (χ1v) is 6.26. The third kappa shape index (κ3) is 2.00. The maximum atomic E-state index is 9.81. The fourth-order valence-corrected chi connectivity index (χ4v) is 2.47. The molecule has 1 aliphatic carbocycles. The number of hydrogen-bond donors (Lipinski definition) is 1. The molecule has 1 N–H and O–H groups in total. The van der Waals surface area contributed by atoms with Crippen molar-refractivity contribution in [1.82, 2.24) is 15.1 Å². The number of hydrogen-bond acceptors (Lipinski definition) is 5. The Morgan fingerprint density at radius 3 is 3.00 bits per heavy atom. The van der Waals surface area contributed by atoms with Gasteiger partial charge in [-0.1, -0.05) is 16.8 Å². The highest BCUT2D eigenvalue weighted by atomic mass is 35.5. The molecule has 0 aromatic carbocycles. The van der Waals surface area contributed by atoms with Crippen LogP contribution in [-0.4, -0.2) is 26.3 Å². The van der Waals surface area contributed by atoms with Crippen molar-refractivity contribution >= 4 is 11.6 Å². The van der Waals surface area contributed by atoms with Gasteiger partial charge in [-0.15, -0.1) is 0 Å². The average molecular weight is 266 g/mol. The summed E-state index contributed by atoms with van der Waals surface area (Å²) in [5, 5.41) is 14.2. The van der Waals surface area contributed by atoms with E-state index in [1.54, 1.807) is 18.3 Å². The van der Waals surface area contributed by atoms with E-state index in [9.17, 15) is 5.11 Å². The third-order valence-corrected chi connectivity index (χ3v) is 3.51. The first-order chi connectivity index (χ1) is 8.75. The standard InChI is InChI=1S/C12H12ClN3O2/c13-8-4-2-6-14-10(8)11-15-12(18-16-11)7-3-1-5-9(7)17/h2,4,6-7,9,17H,1,3,5H2. The molecule has 94 valence electrons. The number of aromatic nitrogens is 3. The molecule has 2 unspecified atom stereocenters. The molecule has 3 rings (SSSR count). The smallest absolute Gasteiger partial charge is 0.232 e. The van der Waals surface area contributed by atoms with Gasteiger partial charge in [0.15, 0.2) is 0 Å². The van der Waals surface area contributed by atoms with Crippen molar-refractivity contribution in [3.05, 3.63) is 29.2 Å². The molecule has 0 saturated heterocycles. The number of halogens is 1. The van der Waals surface area contributed by atoms with Crippen LogP contribution in [0, 0.1) is 0 Å². The highest BCUT2D eigenvalue weighted by molar-refractivity contribution is 6.32. The second-order valence-electron chi connectivity index (χ2n) is 4.39. The minimum absolute atomic E-state index is 0.0614. The molecule has 6 heteroatoms. The highest BCUT2D eigenvalue weighted by Crippen LogP contribution is 2.34. The molecular weight excluding hydrogens is 254 g/mol. The van der Waals surface area contributed by atoms with E-state index in [0.717, 1.165) is 19.3 Å². The summed E-state index contributed by atoms with van der Waals surface area (Å²) in [6, 6.07) is 3.47. The van der Waals surface area contributed by atoms with Gasteiger partial charge in [0, 0.05) is 6.20 Å². The number of aliphatic hydroxyl groups excluding tert-OH is 1. The predicted octanol–water partition coefficient (Wildman–Crippen LogP) is 2.41. The lowest BCUT2D eigenvalue weighted by atomic mass is 10.1. The van der Waals surface area contributed by atoms with Gasteiger partial charge in [0.1, 0.15) is 5.69 Å². The Hall–Kier alpha value is -1.46. The first kappa shape index (κ1) is 11.6. The maximum Gasteiger partial charge on any atom is 0.232 e. The van der Waals surface area contributed by atoms with Crippen LogP contribution in [0.5, 0.6) is 0 Å². The van der Waals surface area contributed by atoms with Crippen LogP contribution in [0.1, 0.15) is 31.1 Å². The van der Waals surface area contributed by atoms with E-state index < -0.39 is 6.10 Å². The van der Waals surface area contributed by atoms with Crippen molar-refractivity contribution in [3.8, 4) is 11.5 Å². The van der Waals surface area contributed by atoms with Crippen LogP contribution in [0.2, 0.25) is 5.02 Å². The Labute approximate surface area is 109 Å². The molecule has 1 fully saturated rings. The zero-order valence-corrected chi connectivity index (χ0v) is 10.3. The summed E-state index contributed by atoms with van der Waals surface area (Å²) in [4.78, 5) is 8.42. The first-order valence-electron chi connectivity index (χ1n) is 5.88. The van der Waals surface area contributed by atoms with Crippen LogP contribution in [0.25, 0.3) is 11.5 Å². The summed E-state index contributed by atoms with van der Waals surface area (Å²) in [6.45, 7) is 0. The van der Waals surface area contributed by atoms with Crippen molar-refractivity contribution in [2.75, 3.05) is 0 Å². The summed E-state index contributed by atoms with van der Waals surface area (Å²) in [5.41, 5.74) is 0.502. The Balaban J connectivity index is 1.92. The Morgan fingerprint density at radius 2 is 2.28 bits per heavy atom. The number of aliphatic hydroxyl groups is 1. The molecule has 2 heterocycles. The van der Waals surface area contributed by atoms with Crippen LogP contribution in [0.4, 0.5) is 0 Å².